The molecule has 1 aromatic carbocycles. The van der Waals surface area contributed by atoms with Gasteiger partial charge in [-0.1, -0.05) is 23.2 Å². The lowest BCUT2D eigenvalue weighted by Crippen LogP contribution is -2.30. The van der Waals surface area contributed by atoms with Gasteiger partial charge < -0.3 is 15.5 Å². The number of benzene rings is 1. The van der Waals surface area contributed by atoms with Crippen molar-refractivity contribution in [2.75, 3.05) is 6.54 Å². The Morgan fingerprint density at radius 3 is 2.67 bits per heavy atom. The molecule has 1 rings (SSSR count). The number of rotatable bonds is 4. The lowest BCUT2D eigenvalue weighted by molar-refractivity contribution is -0.118. The van der Waals surface area contributed by atoms with Crippen LogP contribution in [0.1, 0.15) is 5.56 Å². The van der Waals surface area contributed by atoms with Crippen molar-refractivity contribution in [3.05, 3.63) is 33.8 Å². The number of carbonyl (C=O) groups excluding carboxylic acids is 1. The number of aliphatic hydroxyl groups excluding tert-OH is 1. The minimum Gasteiger partial charge on any atom is -0.367 e. The van der Waals surface area contributed by atoms with Crippen molar-refractivity contribution in [2.24, 2.45) is 0 Å². The van der Waals surface area contributed by atoms with E-state index in [2.05, 4.69) is 17.9 Å². The molecule has 0 bridgehead atoms. The highest BCUT2D eigenvalue weighted by molar-refractivity contribution is 7.80. The fourth-order valence-electron chi connectivity index (χ4n) is 1.10. The van der Waals surface area contributed by atoms with Crippen LogP contribution in [0.4, 0.5) is 0 Å². The van der Waals surface area contributed by atoms with Gasteiger partial charge in [0.2, 0.25) is 5.91 Å². The van der Waals surface area contributed by atoms with Gasteiger partial charge in [0.15, 0.2) is 6.29 Å². The second kappa shape index (κ2) is 7.01. The first-order valence-electron chi connectivity index (χ1n) is 4.90. The Labute approximate surface area is 120 Å². The number of hydrogen-bond donors (Lipinski definition) is 4. The second-order valence-electron chi connectivity index (χ2n) is 3.38. The molecule has 3 N–H and O–H groups in total. The standard InChI is InChI=1S/C11H11Cl2NO3S/c12-7-4-9(18)8(13)3-6(7)1-2-10(15)14-5-11(16)17/h1-4,11,16-18H,5H2,(H,14,15). The van der Waals surface area contributed by atoms with E-state index in [-0.39, 0.29) is 6.54 Å². The Morgan fingerprint density at radius 2 is 2.06 bits per heavy atom. The first-order chi connectivity index (χ1) is 8.40. The Kier molecular flexibility index (Phi) is 5.98. The molecule has 0 atom stereocenters. The van der Waals surface area contributed by atoms with E-state index in [1.54, 1.807) is 12.1 Å². The Morgan fingerprint density at radius 1 is 1.39 bits per heavy atom. The van der Waals surface area contributed by atoms with Crippen LogP contribution in [0.2, 0.25) is 10.0 Å². The number of thiol groups is 1. The molecule has 0 fully saturated rings. The van der Waals surface area contributed by atoms with Crippen LogP contribution in [0.15, 0.2) is 23.1 Å². The number of aliphatic hydroxyl groups is 2. The van der Waals surface area contributed by atoms with E-state index in [1.165, 1.54) is 12.2 Å². The maximum absolute atomic E-state index is 11.3. The molecule has 0 aliphatic heterocycles. The third kappa shape index (κ3) is 4.88. The average Bonchev–Trinajstić information content (AvgIpc) is 2.29. The predicted molar refractivity (Wildman–Crippen MR) is 74.0 cm³/mol. The maximum Gasteiger partial charge on any atom is 0.244 e. The fraction of sp³-hybridized carbons (Fsp3) is 0.182. The number of hydrogen-bond acceptors (Lipinski definition) is 4. The summed E-state index contributed by atoms with van der Waals surface area (Å²) in [5.74, 6) is -0.467. The zero-order chi connectivity index (χ0) is 13.7. The number of carbonyl (C=O) groups is 1. The third-order valence-electron chi connectivity index (χ3n) is 1.94. The normalized spacial score (nSPS) is 11.2. The molecule has 0 radical (unpaired) electrons. The molecule has 0 aromatic heterocycles. The minimum atomic E-state index is -1.58. The van der Waals surface area contributed by atoms with E-state index < -0.39 is 12.2 Å². The van der Waals surface area contributed by atoms with Gasteiger partial charge in [0.1, 0.15) is 0 Å². The molecule has 0 saturated heterocycles. The van der Waals surface area contributed by atoms with Crippen LogP contribution >= 0.6 is 35.8 Å². The van der Waals surface area contributed by atoms with Crippen LogP contribution < -0.4 is 5.32 Å². The summed E-state index contributed by atoms with van der Waals surface area (Å²) in [6.07, 6.45) is 1.11. The third-order valence-corrected chi connectivity index (χ3v) is 3.08. The molecule has 0 aliphatic carbocycles. The molecule has 7 heteroatoms. The highest BCUT2D eigenvalue weighted by atomic mass is 35.5. The fourth-order valence-corrected chi connectivity index (χ4v) is 1.76. The van der Waals surface area contributed by atoms with Gasteiger partial charge in [0, 0.05) is 16.0 Å². The van der Waals surface area contributed by atoms with Gasteiger partial charge >= 0.3 is 0 Å². The summed E-state index contributed by atoms with van der Waals surface area (Å²) in [7, 11) is 0. The van der Waals surface area contributed by atoms with Crippen molar-refractivity contribution in [2.45, 2.75) is 11.2 Å². The first-order valence-corrected chi connectivity index (χ1v) is 6.10. The number of halogens is 2. The molecule has 98 valence electrons. The predicted octanol–water partition coefficient (Wildman–Crippen LogP) is 1.72. The minimum absolute atomic E-state index is 0.243. The summed E-state index contributed by atoms with van der Waals surface area (Å²) in [5.41, 5.74) is 0.569. The molecule has 0 aliphatic rings. The van der Waals surface area contributed by atoms with Crippen molar-refractivity contribution in [3.63, 3.8) is 0 Å². The summed E-state index contributed by atoms with van der Waals surface area (Å²) in [4.78, 5) is 11.8. The van der Waals surface area contributed by atoms with E-state index in [4.69, 9.17) is 33.4 Å². The van der Waals surface area contributed by atoms with Crippen molar-refractivity contribution >= 4 is 47.8 Å². The quantitative estimate of drug-likeness (QED) is 0.389. The van der Waals surface area contributed by atoms with E-state index in [1.807, 2.05) is 0 Å². The molecule has 18 heavy (non-hydrogen) atoms. The van der Waals surface area contributed by atoms with Gasteiger partial charge in [0.25, 0.3) is 0 Å². The summed E-state index contributed by atoms with van der Waals surface area (Å²) in [5, 5.41) is 20.3. The first kappa shape index (κ1) is 15.3. The Bertz CT molecular complexity index is 478. The van der Waals surface area contributed by atoms with Crippen LogP contribution in [0, 0.1) is 0 Å². The summed E-state index contributed by atoms with van der Waals surface area (Å²) in [6, 6.07) is 3.15. The summed E-state index contributed by atoms with van der Waals surface area (Å²) < 4.78 is 0. The van der Waals surface area contributed by atoms with E-state index in [0.717, 1.165) is 0 Å². The lowest BCUT2D eigenvalue weighted by atomic mass is 10.2. The topological polar surface area (TPSA) is 69.6 Å². The van der Waals surface area contributed by atoms with Crippen LogP contribution in [0.25, 0.3) is 6.08 Å². The van der Waals surface area contributed by atoms with Crippen molar-refractivity contribution in [3.8, 4) is 0 Å². The van der Waals surface area contributed by atoms with E-state index in [0.29, 0.717) is 20.5 Å². The SMILES string of the molecule is O=C(C=Cc1cc(Cl)c(S)cc1Cl)NCC(O)O. The summed E-state index contributed by atoms with van der Waals surface area (Å²) >= 11 is 15.9. The summed E-state index contributed by atoms with van der Waals surface area (Å²) in [6.45, 7) is -0.243. The Hall–Kier alpha value is -0.720. The van der Waals surface area contributed by atoms with Gasteiger partial charge in [0.05, 0.1) is 11.6 Å². The Balaban J connectivity index is 2.72. The van der Waals surface area contributed by atoms with Gasteiger partial charge in [-0.3, -0.25) is 4.79 Å². The molecule has 4 nitrogen and oxygen atoms in total. The molecule has 0 spiro atoms. The van der Waals surface area contributed by atoms with Crippen LogP contribution in [-0.4, -0.2) is 29.0 Å². The molecule has 0 saturated carbocycles. The zero-order valence-corrected chi connectivity index (χ0v) is 11.5. The molecule has 0 unspecified atom stereocenters. The smallest absolute Gasteiger partial charge is 0.244 e. The van der Waals surface area contributed by atoms with E-state index in [9.17, 15) is 4.79 Å². The van der Waals surface area contributed by atoms with Crippen LogP contribution in [0.5, 0.6) is 0 Å². The van der Waals surface area contributed by atoms with Crippen molar-refractivity contribution < 1.29 is 15.0 Å². The van der Waals surface area contributed by atoms with Crippen molar-refractivity contribution in [1.82, 2.24) is 5.32 Å². The second-order valence-corrected chi connectivity index (χ2v) is 4.68. The average molecular weight is 308 g/mol. The molecular weight excluding hydrogens is 297 g/mol. The highest BCUT2D eigenvalue weighted by Crippen LogP contribution is 2.28. The van der Waals surface area contributed by atoms with Gasteiger partial charge in [-0.15, -0.1) is 12.6 Å². The number of amides is 1. The van der Waals surface area contributed by atoms with E-state index >= 15 is 0 Å². The zero-order valence-electron chi connectivity index (χ0n) is 9.10. The monoisotopic (exact) mass is 307 g/mol. The van der Waals surface area contributed by atoms with Crippen molar-refractivity contribution in [1.29, 1.82) is 0 Å². The van der Waals surface area contributed by atoms with Crippen LogP contribution in [0.3, 0.4) is 0 Å². The maximum atomic E-state index is 11.3. The molecule has 0 heterocycles. The number of nitrogens with one attached hydrogen (secondary N) is 1. The van der Waals surface area contributed by atoms with Gasteiger partial charge in [-0.05, 0) is 23.8 Å². The molecular formula is C11H11Cl2NO3S. The highest BCUT2D eigenvalue weighted by Gasteiger charge is 2.04. The van der Waals surface area contributed by atoms with Gasteiger partial charge in [-0.25, -0.2) is 0 Å². The van der Waals surface area contributed by atoms with Gasteiger partial charge in [-0.2, -0.15) is 0 Å². The van der Waals surface area contributed by atoms with Crippen LogP contribution in [-0.2, 0) is 4.79 Å². The molecule has 1 amide bonds. The molecule has 1 aromatic rings. The lowest BCUT2D eigenvalue weighted by Gasteiger charge is -2.04. The largest absolute Gasteiger partial charge is 0.367 e.